The first-order chi connectivity index (χ1) is 25.0. The number of ether oxygens (including phenoxy) is 2. The van der Waals surface area contributed by atoms with Crippen LogP contribution < -0.4 is 25.0 Å². The van der Waals surface area contributed by atoms with Gasteiger partial charge < -0.3 is 24.6 Å². The van der Waals surface area contributed by atoms with E-state index in [0.717, 1.165) is 84.4 Å². The first-order valence-electron chi connectivity index (χ1n) is 18.5. The lowest BCUT2D eigenvalue weighted by Gasteiger charge is -2.33. The molecule has 1 unspecified atom stereocenters. The predicted octanol–water partition coefficient (Wildman–Crippen LogP) is 7.31. The lowest BCUT2D eigenvalue weighted by molar-refractivity contribution is 0.171. The zero-order chi connectivity index (χ0) is 36.4. The Morgan fingerprint density at radius 1 is 0.942 bits per heavy atom. The lowest BCUT2D eigenvalue weighted by atomic mass is 9.85. The van der Waals surface area contributed by atoms with Crippen molar-refractivity contribution in [3.63, 3.8) is 0 Å². The molecule has 7 rings (SSSR count). The van der Waals surface area contributed by atoms with Gasteiger partial charge in [0.2, 0.25) is 5.95 Å². The molecule has 2 aromatic carbocycles. The van der Waals surface area contributed by atoms with Gasteiger partial charge in [-0.05, 0) is 88.5 Å². The Kier molecular flexibility index (Phi) is 10.1. The molecule has 1 aliphatic heterocycles. The third kappa shape index (κ3) is 7.72. The Morgan fingerprint density at radius 2 is 1.77 bits per heavy atom. The van der Waals surface area contributed by atoms with Crippen LogP contribution in [0.15, 0.2) is 72.9 Å². The number of nitrogens with one attached hydrogen (secondary N) is 2. The maximum absolute atomic E-state index is 13.7. The van der Waals surface area contributed by atoms with E-state index in [0.29, 0.717) is 18.5 Å². The Balaban J connectivity index is 1.07. The van der Waals surface area contributed by atoms with Crippen molar-refractivity contribution in [3.8, 4) is 17.2 Å². The number of hydrogen-bond donors (Lipinski definition) is 2. The molecule has 0 saturated carbocycles. The van der Waals surface area contributed by atoms with Gasteiger partial charge in [0.05, 0.1) is 23.6 Å². The van der Waals surface area contributed by atoms with Gasteiger partial charge in [-0.25, -0.2) is 9.48 Å². The summed E-state index contributed by atoms with van der Waals surface area (Å²) in [4.78, 5) is 18.1. The molecule has 0 radical (unpaired) electrons. The van der Waals surface area contributed by atoms with Crippen molar-refractivity contribution in [1.82, 2.24) is 34.6 Å². The van der Waals surface area contributed by atoms with Crippen molar-refractivity contribution in [2.24, 2.45) is 0 Å². The van der Waals surface area contributed by atoms with Gasteiger partial charge in [-0.2, -0.15) is 5.10 Å². The van der Waals surface area contributed by atoms with Gasteiger partial charge in [-0.1, -0.05) is 51.1 Å². The molecule has 5 aromatic rings. The van der Waals surface area contributed by atoms with E-state index in [4.69, 9.17) is 14.6 Å². The molecule has 1 saturated heterocycles. The number of fused-ring (bicyclic) bond motifs is 2. The Bertz CT molecular complexity index is 2010. The highest BCUT2D eigenvalue weighted by Gasteiger charge is 2.31. The molecule has 0 spiro atoms. The van der Waals surface area contributed by atoms with Gasteiger partial charge in [0.25, 0.3) is 0 Å². The minimum atomic E-state index is -0.295. The number of amides is 2. The molecule has 0 bridgehead atoms. The second-order valence-corrected chi connectivity index (χ2v) is 15.3. The second kappa shape index (κ2) is 14.9. The zero-order valence-corrected chi connectivity index (χ0v) is 31.2. The van der Waals surface area contributed by atoms with Crippen LogP contribution in [-0.4, -0.2) is 75.1 Å². The number of urea groups is 1. The Hall–Kier alpha value is -5.10. The molecule has 4 heterocycles. The molecule has 3 aromatic heterocycles. The quantitative estimate of drug-likeness (QED) is 0.156. The van der Waals surface area contributed by atoms with E-state index in [1.807, 2.05) is 79.3 Å². The average molecular weight is 706 g/mol. The van der Waals surface area contributed by atoms with E-state index in [9.17, 15) is 4.79 Å². The highest BCUT2D eigenvalue weighted by atomic mass is 16.5. The molecule has 1 aliphatic carbocycles. The standard InChI is InChI=1S/C40H51N9O3/c1-27-12-9-10-21-47(27)39-44-43-36-20-17-30(26-48(36)39)52-34-19-18-33(31-15-7-8-16-32(31)34)41-38(50)42-37-25-35(40(2,3)4)45-49(37)28-13-11-14-29(24-28)51-23-22-46(5)6/h7-8,11,13-17,20,24-27,33-34H,9-10,12,18-19,21-23H2,1-6H3,(H2,41,42,50)/t27?,33-,34+/m0/s1. The zero-order valence-electron chi connectivity index (χ0n) is 31.2. The maximum Gasteiger partial charge on any atom is 0.320 e. The van der Waals surface area contributed by atoms with E-state index in [1.165, 1.54) is 6.42 Å². The fraction of sp³-hybridized carbons (Fsp3) is 0.450. The number of carbonyl (C=O) groups excluding carboxylic acids is 1. The van der Waals surface area contributed by atoms with Gasteiger partial charge in [0, 0.05) is 36.7 Å². The summed E-state index contributed by atoms with van der Waals surface area (Å²) in [6.07, 6.45) is 6.86. The van der Waals surface area contributed by atoms with E-state index >= 15 is 0 Å². The van der Waals surface area contributed by atoms with Crippen molar-refractivity contribution in [2.75, 3.05) is 44.0 Å². The number of benzene rings is 2. The molecule has 12 heteroatoms. The summed E-state index contributed by atoms with van der Waals surface area (Å²) in [5, 5.41) is 20.3. The van der Waals surface area contributed by atoms with Crippen LogP contribution in [0.5, 0.6) is 11.5 Å². The van der Waals surface area contributed by atoms with Crippen LogP contribution in [0.3, 0.4) is 0 Å². The lowest BCUT2D eigenvalue weighted by Crippen LogP contribution is -2.38. The number of aromatic nitrogens is 5. The van der Waals surface area contributed by atoms with Crippen molar-refractivity contribution >= 4 is 23.4 Å². The Labute approximate surface area is 306 Å². The van der Waals surface area contributed by atoms with Crippen molar-refractivity contribution < 1.29 is 14.3 Å². The third-order valence-electron chi connectivity index (χ3n) is 10.0. The summed E-state index contributed by atoms with van der Waals surface area (Å²) in [7, 11) is 4.04. The fourth-order valence-electron chi connectivity index (χ4n) is 7.10. The number of nitrogens with zero attached hydrogens (tertiary/aromatic N) is 7. The van der Waals surface area contributed by atoms with Gasteiger partial charge in [0.1, 0.15) is 30.0 Å². The van der Waals surface area contributed by atoms with Crippen LogP contribution in [0, 0.1) is 0 Å². The van der Waals surface area contributed by atoms with Crippen LogP contribution in [0.1, 0.15) is 88.8 Å². The molecule has 12 nitrogen and oxygen atoms in total. The van der Waals surface area contributed by atoms with E-state index in [1.54, 1.807) is 4.68 Å². The van der Waals surface area contributed by atoms with Crippen LogP contribution in [0.25, 0.3) is 11.3 Å². The van der Waals surface area contributed by atoms with Crippen LogP contribution in [0.2, 0.25) is 0 Å². The number of rotatable bonds is 10. The van der Waals surface area contributed by atoms with Crippen LogP contribution >= 0.6 is 0 Å². The number of anilines is 2. The summed E-state index contributed by atoms with van der Waals surface area (Å²) in [6.45, 7) is 10.9. The number of hydrogen-bond acceptors (Lipinski definition) is 8. The molecule has 274 valence electrons. The first-order valence-corrected chi connectivity index (χ1v) is 18.5. The normalized spacial score (nSPS) is 19.1. The summed E-state index contributed by atoms with van der Waals surface area (Å²) in [5.41, 5.74) is 4.37. The minimum Gasteiger partial charge on any atom is -0.492 e. The van der Waals surface area contributed by atoms with Crippen LogP contribution in [-0.2, 0) is 5.41 Å². The molecule has 3 atom stereocenters. The highest BCUT2D eigenvalue weighted by Crippen LogP contribution is 2.39. The van der Waals surface area contributed by atoms with Gasteiger partial charge in [-0.15, -0.1) is 10.2 Å². The van der Waals surface area contributed by atoms with Gasteiger partial charge in [0.15, 0.2) is 5.65 Å². The second-order valence-electron chi connectivity index (χ2n) is 15.3. The number of likely N-dealkylation sites (N-methyl/N-ethyl adjacent to an activating group) is 1. The van der Waals surface area contributed by atoms with E-state index < -0.39 is 0 Å². The average Bonchev–Trinajstić information content (AvgIpc) is 3.74. The molecule has 2 N–H and O–H groups in total. The first kappa shape index (κ1) is 35.3. The minimum absolute atomic E-state index is 0.161. The predicted molar refractivity (Wildman–Crippen MR) is 204 cm³/mol. The third-order valence-corrected chi connectivity index (χ3v) is 10.0. The number of piperidine rings is 1. The number of carbonyl (C=O) groups is 1. The van der Waals surface area contributed by atoms with Crippen molar-refractivity contribution in [3.05, 3.63) is 89.7 Å². The fourth-order valence-corrected chi connectivity index (χ4v) is 7.10. The maximum atomic E-state index is 13.7. The number of pyridine rings is 1. The summed E-state index contributed by atoms with van der Waals surface area (Å²) in [6, 6.07) is 21.8. The molecule has 1 fully saturated rings. The monoisotopic (exact) mass is 705 g/mol. The van der Waals surface area contributed by atoms with Gasteiger partial charge >= 0.3 is 6.03 Å². The van der Waals surface area contributed by atoms with Crippen molar-refractivity contribution in [1.29, 1.82) is 0 Å². The largest absolute Gasteiger partial charge is 0.492 e. The Morgan fingerprint density at radius 3 is 2.56 bits per heavy atom. The smallest absolute Gasteiger partial charge is 0.320 e. The van der Waals surface area contributed by atoms with E-state index in [-0.39, 0.29) is 23.6 Å². The van der Waals surface area contributed by atoms with Crippen molar-refractivity contribution in [2.45, 2.75) is 83.4 Å². The molecular formula is C40H51N9O3. The summed E-state index contributed by atoms with van der Waals surface area (Å²) < 4.78 is 16.5. The molecule has 2 aliphatic rings. The summed E-state index contributed by atoms with van der Waals surface area (Å²) >= 11 is 0. The highest BCUT2D eigenvalue weighted by molar-refractivity contribution is 5.89. The topological polar surface area (TPSA) is 114 Å². The van der Waals surface area contributed by atoms with Crippen LogP contribution in [0.4, 0.5) is 16.6 Å². The SMILES string of the molecule is CC1CCCCN1c1nnc2ccc(O[C@@H]3CC[C@H](NC(=O)Nc4cc(C(C)(C)C)nn4-c4cccc(OCCN(C)C)c4)c4ccccc43)cn12. The molecule has 52 heavy (non-hydrogen) atoms. The molecule has 2 amide bonds. The van der Waals surface area contributed by atoms with Gasteiger partial charge in [-0.3, -0.25) is 9.72 Å². The molecular weight excluding hydrogens is 654 g/mol. The van der Waals surface area contributed by atoms with E-state index in [2.05, 4.69) is 70.5 Å². The summed E-state index contributed by atoms with van der Waals surface area (Å²) in [5.74, 6) is 2.96.